The highest BCUT2D eigenvalue weighted by Gasteiger charge is 2.23. The molecule has 1 saturated heterocycles. The number of benzene rings is 2. The Morgan fingerprint density at radius 2 is 2.00 bits per heavy atom. The molecule has 1 N–H and O–H groups in total. The zero-order chi connectivity index (χ0) is 17.6. The molecule has 1 heterocycles. The number of halogens is 2. The summed E-state index contributed by atoms with van der Waals surface area (Å²) in [6.45, 7) is 2.61. The molecule has 6 heteroatoms. The smallest absolute Gasteiger partial charge is 0.230 e. The average molecular weight is 362 g/mol. The Labute approximate surface area is 150 Å². The van der Waals surface area contributed by atoms with E-state index in [-0.39, 0.29) is 22.6 Å². The fourth-order valence-electron chi connectivity index (χ4n) is 2.94. The highest BCUT2D eigenvalue weighted by molar-refractivity contribution is 8.00. The zero-order valence-electron chi connectivity index (χ0n) is 13.8. The molecule has 3 nitrogen and oxygen atoms in total. The molecule has 1 aliphatic rings. The molecule has 1 aliphatic heterocycles. The Kier molecular flexibility index (Phi) is 6.04. The van der Waals surface area contributed by atoms with Gasteiger partial charge in [-0.25, -0.2) is 8.78 Å². The maximum atomic E-state index is 13.6. The lowest BCUT2D eigenvalue weighted by molar-refractivity contribution is -0.119. The van der Waals surface area contributed by atoms with Gasteiger partial charge in [0.25, 0.3) is 0 Å². The van der Waals surface area contributed by atoms with Gasteiger partial charge in [-0.15, -0.1) is 11.8 Å². The van der Waals surface area contributed by atoms with Crippen molar-refractivity contribution in [2.45, 2.75) is 23.9 Å². The number of amides is 1. The fourth-order valence-corrected chi connectivity index (χ4v) is 3.71. The molecule has 0 aliphatic carbocycles. The molecule has 25 heavy (non-hydrogen) atoms. The first-order chi connectivity index (χ1) is 12.1. The number of rotatable bonds is 6. The van der Waals surface area contributed by atoms with Crippen LogP contribution in [0.4, 0.5) is 8.78 Å². The Morgan fingerprint density at radius 3 is 2.80 bits per heavy atom. The van der Waals surface area contributed by atoms with Crippen LogP contribution in [0.25, 0.3) is 0 Å². The summed E-state index contributed by atoms with van der Waals surface area (Å²) in [5.74, 6) is -1.08. The summed E-state index contributed by atoms with van der Waals surface area (Å²) >= 11 is 1.02. The van der Waals surface area contributed by atoms with Crippen LogP contribution in [0, 0.1) is 11.6 Å². The largest absolute Gasteiger partial charge is 0.351 e. The maximum Gasteiger partial charge on any atom is 0.230 e. The van der Waals surface area contributed by atoms with Gasteiger partial charge in [-0.05, 0) is 30.2 Å². The van der Waals surface area contributed by atoms with Crippen molar-refractivity contribution in [3.63, 3.8) is 0 Å². The van der Waals surface area contributed by atoms with E-state index >= 15 is 0 Å². The monoisotopic (exact) mass is 362 g/mol. The zero-order valence-corrected chi connectivity index (χ0v) is 14.6. The van der Waals surface area contributed by atoms with Crippen LogP contribution in [0.3, 0.4) is 0 Å². The van der Waals surface area contributed by atoms with E-state index in [4.69, 9.17) is 0 Å². The second-order valence-electron chi connectivity index (χ2n) is 6.14. The summed E-state index contributed by atoms with van der Waals surface area (Å²) in [5.41, 5.74) is 1.26. The van der Waals surface area contributed by atoms with E-state index in [1.165, 1.54) is 5.56 Å². The lowest BCUT2D eigenvalue weighted by Gasteiger charge is -2.16. The SMILES string of the molecule is O=C(CSc1cc(F)ccc1F)N[C@@H]1CCN(Cc2ccccc2)C1. The van der Waals surface area contributed by atoms with Gasteiger partial charge in [0.05, 0.1) is 5.75 Å². The molecule has 0 saturated carbocycles. The number of hydrogen-bond donors (Lipinski definition) is 1. The highest BCUT2D eigenvalue weighted by atomic mass is 32.2. The van der Waals surface area contributed by atoms with Gasteiger partial charge in [-0.2, -0.15) is 0 Å². The van der Waals surface area contributed by atoms with E-state index in [1.54, 1.807) is 0 Å². The number of nitrogens with zero attached hydrogens (tertiary/aromatic N) is 1. The van der Waals surface area contributed by atoms with Crippen LogP contribution in [-0.4, -0.2) is 35.7 Å². The molecular formula is C19H20F2N2OS. The number of nitrogens with one attached hydrogen (secondary N) is 1. The molecule has 1 atom stereocenters. The average Bonchev–Trinajstić information content (AvgIpc) is 3.03. The molecule has 0 bridgehead atoms. The number of likely N-dealkylation sites (tertiary alicyclic amines) is 1. The highest BCUT2D eigenvalue weighted by Crippen LogP contribution is 2.22. The maximum absolute atomic E-state index is 13.6. The Bertz CT molecular complexity index is 727. The second-order valence-corrected chi connectivity index (χ2v) is 7.15. The first-order valence-corrected chi connectivity index (χ1v) is 9.22. The van der Waals surface area contributed by atoms with Crippen molar-refractivity contribution >= 4 is 17.7 Å². The predicted molar refractivity (Wildman–Crippen MR) is 95.3 cm³/mol. The molecule has 0 unspecified atom stereocenters. The molecule has 1 amide bonds. The van der Waals surface area contributed by atoms with Gasteiger partial charge in [0, 0.05) is 30.6 Å². The van der Waals surface area contributed by atoms with Gasteiger partial charge in [0.2, 0.25) is 5.91 Å². The first-order valence-electron chi connectivity index (χ1n) is 8.23. The minimum Gasteiger partial charge on any atom is -0.351 e. The molecule has 0 aromatic heterocycles. The Balaban J connectivity index is 1.43. The molecule has 0 radical (unpaired) electrons. The summed E-state index contributed by atoms with van der Waals surface area (Å²) < 4.78 is 26.7. The summed E-state index contributed by atoms with van der Waals surface area (Å²) in [4.78, 5) is 14.5. The van der Waals surface area contributed by atoms with Gasteiger partial charge < -0.3 is 5.32 Å². The topological polar surface area (TPSA) is 32.3 Å². The normalized spacial score (nSPS) is 17.6. The van der Waals surface area contributed by atoms with Crippen molar-refractivity contribution in [1.82, 2.24) is 10.2 Å². The quantitative estimate of drug-likeness (QED) is 0.799. The van der Waals surface area contributed by atoms with E-state index < -0.39 is 11.6 Å². The van der Waals surface area contributed by atoms with Crippen molar-refractivity contribution < 1.29 is 13.6 Å². The second kappa shape index (κ2) is 8.45. The van der Waals surface area contributed by atoms with Gasteiger partial charge in [0.15, 0.2) is 0 Å². The summed E-state index contributed by atoms with van der Waals surface area (Å²) in [6.07, 6.45) is 0.900. The standard InChI is InChI=1S/C19H20F2N2OS/c20-15-6-7-17(21)18(10-15)25-13-19(24)22-16-8-9-23(12-16)11-14-4-2-1-3-5-14/h1-7,10,16H,8-9,11-13H2,(H,22,24)/t16-/m1/s1. The van der Waals surface area contributed by atoms with Gasteiger partial charge in [-0.1, -0.05) is 30.3 Å². The van der Waals surface area contributed by atoms with Crippen LogP contribution in [0.5, 0.6) is 0 Å². The van der Waals surface area contributed by atoms with Crippen LogP contribution >= 0.6 is 11.8 Å². The lowest BCUT2D eigenvalue weighted by atomic mass is 10.2. The van der Waals surface area contributed by atoms with Crippen LogP contribution in [-0.2, 0) is 11.3 Å². The van der Waals surface area contributed by atoms with Crippen molar-refractivity contribution in [1.29, 1.82) is 0 Å². The number of carbonyl (C=O) groups is 1. The molecule has 0 spiro atoms. The minimum atomic E-state index is -0.505. The first kappa shape index (κ1) is 17.9. The minimum absolute atomic E-state index is 0.0789. The number of carbonyl (C=O) groups excluding carboxylic acids is 1. The van der Waals surface area contributed by atoms with E-state index in [1.807, 2.05) is 18.2 Å². The van der Waals surface area contributed by atoms with Crippen molar-refractivity contribution in [3.8, 4) is 0 Å². The summed E-state index contributed by atoms with van der Waals surface area (Å²) in [5, 5.41) is 2.98. The van der Waals surface area contributed by atoms with E-state index in [0.29, 0.717) is 0 Å². The van der Waals surface area contributed by atoms with Crippen LogP contribution < -0.4 is 5.32 Å². The third-order valence-electron chi connectivity index (χ3n) is 4.14. The fraction of sp³-hybridized carbons (Fsp3) is 0.316. The molecule has 132 valence electrons. The van der Waals surface area contributed by atoms with E-state index in [2.05, 4.69) is 22.3 Å². The molecular weight excluding hydrogens is 342 g/mol. The van der Waals surface area contributed by atoms with Gasteiger partial charge >= 0.3 is 0 Å². The molecule has 2 aromatic carbocycles. The van der Waals surface area contributed by atoms with E-state index in [0.717, 1.165) is 56.0 Å². The lowest BCUT2D eigenvalue weighted by Crippen LogP contribution is -2.38. The Morgan fingerprint density at radius 1 is 1.20 bits per heavy atom. The number of hydrogen-bond acceptors (Lipinski definition) is 3. The van der Waals surface area contributed by atoms with Crippen molar-refractivity contribution in [2.24, 2.45) is 0 Å². The van der Waals surface area contributed by atoms with Crippen LogP contribution in [0.1, 0.15) is 12.0 Å². The third-order valence-corrected chi connectivity index (χ3v) is 5.17. The molecule has 2 aromatic rings. The summed E-state index contributed by atoms with van der Waals surface area (Å²) in [6, 6.07) is 13.6. The van der Waals surface area contributed by atoms with Crippen LogP contribution in [0.2, 0.25) is 0 Å². The van der Waals surface area contributed by atoms with Gasteiger partial charge in [0.1, 0.15) is 11.6 Å². The van der Waals surface area contributed by atoms with E-state index in [9.17, 15) is 13.6 Å². The predicted octanol–water partition coefficient (Wildman–Crippen LogP) is 3.45. The number of thioether (sulfide) groups is 1. The molecule has 3 rings (SSSR count). The van der Waals surface area contributed by atoms with Crippen molar-refractivity contribution in [2.75, 3.05) is 18.8 Å². The van der Waals surface area contributed by atoms with Crippen LogP contribution in [0.15, 0.2) is 53.4 Å². The van der Waals surface area contributed by atoms with Crippen molar-refractivity contribution in [3.05, 3.63) is 65.7 Å². The van der Waals surface area contributed by atoms with Gasteiger partial charge in [-0.3, -0.25) is 9.69 Å². The summed E-state index contributed by atoms with van der Waals surface area (Å²) in [7, 11) is 0. The molecule has 1 fully saturated rings. The Hall–Kier alpha value is -1.92. The third kappa shape index (κ3) is 5.28.